The molecule has 0 spiro atoms. The van der Waals surface area contributed by atoms with Crippen molar-refractivity contribution in [3.05, 3.63) is 35.5 Å². The maximum atomic E-state index is 12.7. The van der Waals surface area contributed by atoms with Crippen molar-refractivity contribution >= 4 is 23.5 Å². The first-order valence-corrected chi connectivity index (χ1v) is 8.76. The van der Waals surface area contributed by atoms with Crippen LogP contribution in [0.4, 0.5) is 10.5 Å². The Morgan fingerprint density at radius 3 is 2.85 bits per heavy atom. The van der Waals surface area contributed by atoms with Crippen LogP contribution in [0.15, 0.2) is 30.0 Å². The highest BCUT2D eigenvalue weighted by molar-refractivity contribution is 6.11. The molecule has 1 atom stereocenters. The van der Waals surface area contributed by atoms with Crippen LogP contribution in [0.3, 0.4) is 0 Å². The molecule has 3 rings (SSSR count). The van der Waals surface area contributed by atoms with Gasteiger partial charge in [-0.25, -0.2) is 4.79 Å². The largest absolute Gasteiger partial charge is 0.492 e. The molecule has 1 N–H and O–H groups in total. The number of ether oxygens (including phenoxy) is 2. The van der Waals surface area contributed by atoms with E-state index in [0.29, 0.717) is 42.1 Å². The first kappa shape index (κ1) is 18.8. The molecular weight excluding hydrogens is 350 g/mol. The number of ketones is 1. The van der Waals surface area contributed by atoms with Crippen LogP contribution in [-0.2, 0) is 9.53 Å². The van der Waals surface area contributed by atoms with Gasteiger partial charge in [0.2, 0.25) is 5.91 Å². The summed E-state index contributed by atoms with van der Waals surface area (Å²) in [5.41, 5.74) is 1.76. The van der Waals surface area contributed by atoms with Crippen LogP contribution in [0.1, 0.15) is 23.7 Å². The third kappa shape index (κ3) is 4.21. The van der Waals surface area contributed by atoms with Gasteiger partial charge in [-0.1, -0.05) is 0 Å². The molecule has 1 aromatic rings. The average Bonchev–Trinajstić information content (AvgIpc) is 2.91. The number of hydrogen-bond acceptors (Lipinski definition) is 6. The van der Waals surface area contributed by atoms with Crippen molar-refractivity contribution in [2.24, 2.45) is 0 Å². The van der Waals surface area contributed by atoms with Gasteiger partial charge in [0.15, 0.2) is 5.78 Å². The van der Waals surface area contributed by atoms with E-state index in [0.717, 1.165) is 0 Å². The number of Topliss-reactive ketones (excluding diaryl/α,β-unsaturated/α-hetero) is 1. The van der Waals surface area contributed by atoms with E-state index in [1.165, 1.54) is 11.8 Å². The molecule has 8 heteroatoms. The molecule has 1 fully saturated rings. The van der Waals surface area contributed by atoms with Gasteiger partial charge < -0.3 is 19.7 Å². The van der Waals surface area contributed by atoms with Crippen LogP contribution >= 0.6 is 0 Å². The minimum absolute atomic E-state index is 0.0738. The van der Waals surface area contributed by atoms with Gasteiger partial charge in [0.1, 0.15) is 11.9 Å². The number of fused-ring (bicyclic) bond motifs is 1. The van der Waals surface area contributed by atoms with Gasteiger partial charge in [-0.3, -0.25) is 14.5 Å². The smallest absolute Gasteiger partial charge is 0.414 e. The minimum Gasteiger partial charge on any atom is -0.492 e. The van der Waals surface area contributed by atoms with Crippen LogP contribution in [0.5, 0.6) is 5.75 Å². The summed E-state index contributed by atoms with van der Waals surface area (Å²) in [7, 11) is 3.73. The van der Waals surface area contributed by atoms with E-state index in [1.54, 1.807) is 24.4 Å². The third-order valence-corrected chi connectivity index (χ3v) is 4.31. The van der Waals surface area contributed by atoms with E-state index in [-0.39, 0.29) is 18.2 Å². The van der Waals surface area contributed by atoms with Crippen molar-refractivity contribution in [3.8, 4) is 5.75 Å². The fourth-order valence-corrected chi connectivity index (χ4v) is 3.07. The Bertz CT molecular complexity index is 803. The predicted octanol–water partition coefficient (Wildman–Crippen LogP) is 1.56. The second-order valence-electron chi connectivity index (χ2n) is 6.78. The zero-order chi connectivity index (χ0) is 19.6. The molecule has 144 valence electrons. The molecule has 2 heterocycles. The van der Waals surface area contributed by atoms with Crippen molar-refractivity contribution in [3.63, 3.8) is 0 Å². The lowest BCUT2D eigenvalue weighted by atomic mass is 10.0. The molecule has 2 aliphatic heterocycles. The molecule has 0 radical (unpaired) electrons. The summed E-state index contributed by atoms with van der Waals surface area (Å²) in [5, 5.41) is 2.64. The topological polar surface area (TPSA) is 88.2 Å². The van der Waals surface area contributed by atoms with Gasteiger partial charge in [-0.05, 0) is 12.1 Å². The SMILES string of the molecule is CC(=O)NCC1CN(c2ccc3c(c2)OCCC(=CN(C)C)C3=O)C(=O)O1. The summed E-state index contributed by atoms with van der Waals surface area (Å²) in [6, 6.07) is 5.07. The molecule has 0 aromatic heterocycles. The number of amides is 2. The molecule has 2 aliphatic rings. The number of carbonyl (C=O) groups is 3. The zero-order valence-electron chi connectivity index (χ0n) is 15.7. The number of nitrogens with zero attached hydrogens (tertiary/aromatic N) is 2. The number of rotatable bonds is 4. The van der Waals surface area contributed by atoms with Crippen LogP contribution in [0, 0.1) is 0 Å². The van der Waals surface area contributed by atoms with E-state index in [9.17, 15) is 14.4 Å². The highest BCUT2D eigenvalue weighted by Crippen LogP contribution is 2.32. The summed E-state index contributed by atoms with van der Waals surface area (Å²) in [4.78, 5) is 39.3. The van der Waals surface area contributed by atoms with E-state index < -0.39 is 12.2 Å². The number of anilines is 1. The second kappa shape index (κ2) is 7.69. The van der Waals surface area contributed by atoms with Crippen molar-refractivity contribution in [2.45, 2.75) is 19.4 Å². The Kier molecular flexibility index (Phi) is 5.34. The van der Waals surface area contributed by atoms with Gasteiger partial charge in [0.25, 0.3) is 0 Å². The standard InChI is InChI=1S/C19H23N3O5/c1-12(23)20-9-15-11-22(19(25)27-15)14-4-5-16-17(8-14)26-7-6-13(18(16)24)10-21(2)3/h4-5,8,10,15H,6-7,9,11H2,1-3H3,(H,20,23). The predicted molar refractivity (Wildman–Crippen MR) is 99.0 cm³/mol. The Morgan fingerprint density at radius 2 is 2.15 bits per heavy atom. The lowest BCUT2D eigenvalue weighted by Crippen LogP contribution is -2.33. The lowest BCUT2D eigenvalue weighted by molar-refractivity contribution is -0.119. The van der Waals surface area contributed by atoms with Crippen molar-refractivity contribution < 1.29 is 23.9 Å². The van der Waals surface area contributed by atoms with Gasteiger partial charge in [0, 0.05) is 45.3 Å². The van der Waals surface area contributed by atoms with Crippen molar-refractivity contribution in [1.29, 1.82) is 0 Å². The van der Waals surface area contributed by atoms with Crippen LogP contribution in [0.2, 0.25) is 0 Å². The molecule has 8 nitrogen and oxygen atoms in total. The number of hydrogen-bond donors (Lipinski definition) is 1. The highest BCUT2D eigenvalue weighted by Gasteiger charge is 2.33. The summed E-state index contributed by atoms with van der Waals surface area (Å²) in [5.74, 6) is 0.205. The molecule has 1 saturated heterocycles. The number of nitrogens with one attached hydrogen (secondary N) is 1. The zero-order valence-corrected chi connectivity index (χ0v) is 15.7. The van der Waals surface area contributed by atoms with Crippen LogP contribution in [0.25, 0.3) is 0 Å². The Labute approximate surface area is 157 Å². The van der Waals surface area contributed by atoms with Gasteiger partial charge in [0.05, 0.1) is 30.9 Å². The maximum absolute atomic E-state index is 12.7. The number of cyclic esters (lactones) is 1. The van der Waals surface area contributed by atoms with Gasteiger partial charge in [-0.15, -0.1) is 0 Å². The molecular formula is C19H23N3O5. The molecule has 27 heavy (non-hydrogen) atoms. The van der Waals surface area contributed by atoms with E-state index in [1.807, 2.05) is 19.0 Å². The molecule has 1 aromatic carbocycles. The Balaban J connectivity index is 1.80. The first-order chi connectivity index (χ1) is 12.8. The first-order valence-electron chi connectivity index (χ1n) is 8.76. The molecule has 0 saturated carbocycles. The lowest BCUT2D eigenvalue weighted by Gasteiger charge is -2.15. The van der Waals surface area contributed by atoms with Crippen molar-refractivity contribution in [1.82, 2.24) is 10.2 Å². The van der Waals surface area contributed by atoms with E-state index in [2.05, 4.69) is 5.32 Å². The number of benzene rings is 1. The van der Waals surface area contributed by atoms with E-state index >= 15 is 0 Å². The highest BCUT2D eigenvalue weighted by atomic mass is 16.6. The Morgan fingerprint density at radius 1 is 1.37 bits per heavy atom. The number of carbonyl (C=O) groups excluding carboxylic acids is 3. The molecule has 2 amide bonds. The average molecular weight is 373 g/mol. The second-order valence-corrected chi connectivity index (χ2v) is 6.78. The Hall–Kier alpha value is -3.03. The normalized spacial score (nSPS) is 20.6. The van der Waals surface area contributed by atoms with Crippen molar-refractivity contribution in [2.75, 3.05) is 38.7 Å². The fraction of sp³-hybridized carbons (Fsp3) is 0.421. The third-order valence-electron chi connectivity index (χ3n) is 4.31. The molecule has 0 bridgehead atoms. The molecule has 1 unspecified atom stereocenters. The quantitative estimate of drug-likeness (QED) is 0.806. The van der Waals surface area contributed by atoms with Crippen LogP contribution < -0.4 is 15.0 Å². The summed E-state index contributed by atoms with van der Waals surface area (Å²) < 4.78 is 11.0. The van der Waals surface area contributed by atoms with Gasteiger partial charge >= 0.3 is 6.09 Å². The summed E-state index contributed by atoms with van der Waals surface area (Å²) in [6.07, 6.45) is 1.42. The fourth-order valence-electron chi connectivity index (χ4n) is 3.07. The summed E-state index contributed by atoms with van der Waals surface area (Å²) in [6.45, 7) is 2.37. The molecule has 0 aliphatic carbocycles. The minimum atomic E-state index is -0.488. The van der Waals surface area contributed by atoms with E-state index in [4.69, 9.17) is 9.47 Å². The maximum Gasteiger partial charge on any atom is 0.414 e. The summed E-state index contributed by atoms with van der Waals surface area (Å²) >= 11 is 0. The van der Waals surface area contributed by atoms with Crippen LogP contribution in [-0.4, -0.2) is 62.6 Å². The van der Waals surface area contributed by atoms with Gasteiger partial charge in [-0.2, -0.15) is 0 Å². The monoisotopic (exact) mass is 373 g/mol.